The molecule has 2 aromatic rings. The maximum absolute atomic E-state index is 13.5. The number of ether oxygens (including phenoxy) is 2. The van der Waals surface area contributed by atoms with Gasteiger partial charge in [-0.15, -0.1) is 0 Å². The molecule has 0 aliphatic carbocycles. The minimum Gasteiger partial charge on any atom is -0.493 e. The molecule has 1 amide bonds. The van der Waals surface area contributed by atoms with Gasteiger partial charge in [-0.25, -0.2) is 0 Å². The molecule has 2 aromatic carbocycles. The van der Waals surface area contributed by atoms with Crippen molar-refractivity contribution in [2.75, 3.05) is 43.8 Å². The summed E-state index contributed by atoms with van der Waals surface area (Å²) in [4.78, 5) is 22.7. The highest BCUT2D eigenvalue weighted by Gasteiger charge is 2.39. The number of nitrogens with one attached hydrogen (secondary N) is 1. The number of aliphatic imine (C=N–C) groups is 1. The van der Waals surface area contributed by atoms with Crippen LogP contribution in [0.4, 0.5) is 5.69 Å². The van der Waals surface area contributed by atoms with Gasteiger partial charge in [0.15, 0.2) is 11.5 Å². The number of nitrogens with zero attached hydrogens (tertiary/aromatic N) is 3. The summed E-state index contributed by atoms with van der Waals surface area (Å²) in [5.41, 5.74) is 11.0. The molecular weight excluding hydrogens is 593 g/mol. The van der Waals surface area contributed by atoms with E-state index in [0.717, 1.165) is 40.0 Å². The van der Waals surface area contributed by atoms with Crippen LogP contribution in [0, 0.1) is 6.92 Å². The van der Waals surface area contributed by atoms with Crippen molar-refractivity contribution in [2.45, 2.75) is 44.8 Å². The van der Waals surface area contributed by atoms with E-state index in [0.29, 0.717) is 34.7 Å². The number of alkyl halides is 1. The molecule has 3 atom stereocenters. The number of anilines is 1. The largest absolute Gasteiger partial charge is 0.493 e. The van der Waals surface area contributed by atoms with Gasteiger partial charge >= 0.3 is 0 Å². The molecule has 204 valence electrons. The van der Waals surface area contributed by atoms with Crippen LogP contribution in [-0.2, 0) is 0 Å². The van der Waals surface area contributed by atoms with Gasteiger partial charge in [0, 0.05) is 67.0 Å². The third-order valence-corrected chi connectivity index (χ3v) is 8.50. The van der Waals surface area contributed by atoms with Crippen LogP contribution in [-0.4, -0.2) is 68.0 Å². The Morgan fingerprint density at radius 1 is 1.18 bits per heavy atom. The molecule has 2 saturated heterocycles. The van der Waals surface area contributed by atoms with E-state index in [9.17, 15) is 4.79 Å². The van der Waals surface area contributed by atoms with Gasteiger partial charge in [0.25, 0.3) is 5.91 Å². The Hall–Kier alpha value is -2.79. The number of rotatable bonds is 9. The monoisotopic (exact) mass is 631 g/mol. The Morgan fingerprint density at radius 2 is 1.89 bits per heavy atom. The number of methoxy groups -OCH3 is 2. The first kappa shape index (κ1) is 28.2. The van der Waals surface area contributed by atoms with Crippen molar-refractivity contribution >= 4 is 46.0 Å². The number of piperazine rings is 1. The molecule has 0 unspecified atom stereocenters. The standard InChI is InChI=1S/C29H38IN5O3/c1-18-6-7-22(34-15-23-8-9-24(16-34)35(23)17-30)12-25(18)29(36)33-19(2)20-10-26(21(13-31)14-32-3)28(38-5)27(11-20)37-4/h6-7,10-14,19,23-24H,8-9,15-17,31H2,1-5H3,(H,33,36)/t19-,23-,24+/m1/s1. The first-order valence-corrected chi connectivity index (χ1v) is 14.5. The van der Waals surface area contributed by atoms with Crippen molar-refractivity contribution in [1.29, 1.82) is 0 Å². The normalized spacial score (nSPS) is 20.6. The number of halogens is 1. The fourth-order valence-electron chi connectivity index (χ4n) is 5.60. The van der Waals surface area contributed by atoms with Gasteiger partial charge < -0.3 is 25.4 Å². The van der Waals surface area contributed by atoms with Crippen LogP contribution in [0.2, 0.25) is 0 Å². The van der Waals surface area contributed by atoms with Gasteiger partial charge in [-0.05, 0) is 62.1 Å². The molecule has 0 spiro atoms. The molecule has 0 saturated carbocycles. The van der Waals surface area contributed by atoms with E-state index >= 15 is 0 Å². The molecule has 0 radical (unpaired) electrons. The number of hydrogen-bond donors (Lipinski definition) is 2. The summed E-state index contributed by atoms with van der Waals surface area (Å²) in [5, 5.41) is 3.19. The van der Waals surface area contributed by atoms with Crippen molar-refractivity contribution in [1.82, 2.24) is 10.2 Å². The fraction of sp³-hybridized carbons (Fsp3) is 0.448. The number of hydrogen-bond acceptors (Lipinski definition) is 7. The van der Waals surface area contributed by atoms with Crippen LogP contribution in [0.5, 0.6) is 11.5 Å². The second-order valence-electron chi connectivity index (χ2n) is 9.93. The minimum atomic E-state index is -0.287. The van der Waals surface area contributed by atoms with Crippen LogP contribution in [0.1, 0.15) is 52.9 Å². The van der Waals surface area contributed by atoms with Gasteiger partial charge in [0.2, 0.25) is 0 Å². The van der Waals surface area contributed by atoms with Gasteiger partial charge in [0.05, 0.1) is 24.8 Å². The molecule has 3 N–H and O–H groups in total. The predicted octanol–water partition coefficient (Wildman–Crippen LogP) is 4.55. The smallest absolute Gasteiger partial charge is 0.252 e. The first-order chi connectivity index (χ1) is 18.3. The lowest BCUT2D eigenvalue weighted by molar-refractivity contribution is 0.0939. The molecule has 0 aromatic heterocycles. The van der Waals surface area contributed by atoms with Crippen LogP contribution in [0.15, 0.2) is 41.5 Å². The van der Waals surface area contributed by atoms with Gasteiger partial charge in [-0.2, -0.15) is 0 Å². The number of nitrogens with two attached hydrogens (primary N) is 1. The number of amides is 1. The molecule has 4 rings (SSSR count). The van der Waals surface area contributed by atoms with Crippen LogP contribution in [0.3, 0.4) is 0 Å². The lowest BCUT2D eigenvalue weighted by Crippen LogP contribution is -2.53. The zero-order chi connectivity index (χ0) is 27.4. The summed E-state index contributed by atoms with van der Waals surface area (Å²) >= 11 is 2.48. The first-order valence-electron chi connectivity index (χ1n) is 12.9. The van der Waals surface area contributed by atoms with Crippen LogP contribution >= 0.6 is 22.6 Å². The second-order valence-corrected chi connectivity index (χ2v) is 10.6. The highest BCUT2D eigenvalue weighted by Crippen LogP contribution is 2.38. The summed E-state index contributed by atoms with van der Waals surface area (Å²) in [6.45, 7) is 5.96. The van der Waals surface area contributed by atoms with E-state index in [4.69, 9.17) is 15.2 Å². The number of benzene rings is 2. The zero-order valence-corrected chi connectivity index (χ0v) is 25.0. The summed E-state index contributed by atoms with van der Waals surface area (Å²) in [6, 6.07) is 11.0. The Bertz CT molecular complexity index is 1220. The summed E-state index contributed by atoms with van der Waals surface area (Å²) in [5.74, 6) is 1.02. The van der Waals surface area contributed by atoms with Crippen molar-refractivity contribution in [2.24, 2.45) is 10.7 Å². The number of allylic oxidation sites excluding steroid dienone is 1. The van der Waals surface area contributed by atoms with E-state index in [2.05, 4.69) is 54.8 Å². The third kappa shape index (κ3) is 5.63. The van der Waals surface area contributed by atoms with E-state index in [-0.39, 0.29) is 11.9 Å². The van der Waals surface area contributed by atoms with Gasteiger partial charge in [-0.3, -0.25) is 14.7 Å². The van der Waals surface area contributed by atoms with E-state index in [1.165, 1.54) is 19.0 Å². The summed E-state index contributed by atoms with van der Waals surface area (Å²) in [7, 11) is 4.87. The van der Waals surface area contributed by atoms with Gasteiger partial charge in [0.1, 0.15) is 0 Å². The molecule has 2 aliphatic rings. The average molecular weight is 632 g/mol. The number of carbonyl (C=O) groups excluding carboxylic acids is 1. The lowest BCUT2D eigenvalue weighted by Gasteiger charge is -2.41. The van der Waals surface area contributed by atoms with Crippen LogP contribution in [0.25, 0.3) is 5.57 Å². The maximum atomic E-state index is 13.5. The molecular formula is C29H38IN5O3. The zero-order valence-electron chi connectivity index (χ0n) is 22.8. The Labute approximate surface area is 239 Å². The van der Waals surface area contributed by atoms with E-state index in [1.807, 2.05) is 32.0 Å². The topological polar surface area (TPSA) is 92.4 Å². The fourth-order valence-corrected chi connectivity index (χ4v) is 6.71. The van der Waals surface area contributed by atoms with Gasteiger partial charge in [-0.1, -0.05) is 28.7 Å². The Balaban J connectivity index is 1.58. The Kier molecular flexibility index (Phi) is 9.19. The Morgan fingerprint density at radius 3 is 2.47 bits per heavy atom. The number of aryl methyl sites for hydroxylation is 1. The lowest BCUT2D eigenvalue weighted by atomic mass is 9.98. The second kappa shape index (κ2) is 12.4. The SMILES string of the molecule is CN=CC(=CN)c1cc([C@@H](C)NC(=O)c2cc(N3C[C@H]4CC[C@@H](C3)N4CI)ccc2C)cc(OC)c1OC. The van der Waals surface area contributed by atoms with Crippen LogP contribution < -0.4 is 25.4 Å². The molecule has 2 aliphatic heterocycles. The van der Waals surface area contributed by atoms with Crippen molar-refractivity contribution < 1.29 is 14.3 Å². The van der Waals surface area contributed by atoms with Crippen molar-refractivity contribution in [3.63, 3.8) is 0 Å². The molecule has 2 bridgehead atoms. The molecule has 9 heteroatoms. The number of carbonyl (C=O) groups is 1. The minimum absolute atomic E-state index is 0.105. The highest BCUT2D eigenvalue weighted by atomic mass is 127. The van der Waals surface area contributed by atoms with E-state index < -0.39 is 0 Å². The maximum Gasteiger partial charge on any atom is 0.252 e. The molecule has 8 nitrogen and oxygen atoms in total. The quantitative estimate of drug-likeness (QED) is 0.183. The summed E-state index contributed by atoms with van der Waals surface area (Å²) < 4.78 is 12.3. The molecule has 2 heterocycles. The molecule has 38 heavy (non-hydrogen) atoms. The van der Waals surface area contributed by atoms with E-state index in [1.54, 1.807) is 27.5 Å². The number of fused-ring (bicyclic) bond motifs is 2. The van der Waals surface area contributed by atoms with Crippen molar-refractivity contribution in [3.8, 4) is 11.5 Å². The predicted molar refractivity (Wildman–Crippen MR) is 163 cm³/mol. The highest BCUT2D eigenvalue weighted by molar-refractivity contribution is 14.1. The third-order valence-electron chi connectivity index (χ3n) is 7.71. The molecule has 2 fully saturated rings. The van der Waals surface area contributed by atoms with Crippen molar-refractivity contribution in [3.05, 3.63) is 58.8 Å². The summed E-state index contributed by atoms with van der Waals surface area (Å²) in [6.07, 6.45) is 5.66. The average Bonchev–Trinajstić information content (AvgIpc) is 3.18.